The lowest BCUT2D eigenvalue weighted by Gasteiger charge is -2.29. The minimum atomic E-state index is -4.24. The third-order valence-electron chi connectivity index (χ3n) is 6.22. The Balaban J connectivity index is 1.59. The van der Waals surface area contributed by atoms with E-state index < -0.39 is 49.9 Å². The Labute approximate surface area is 219 Å². The first-order chi connectivity index (χ1) is 18.0. The van der Waals surface area contributed by atoms with Crippen LogP contribution in [0.15, 0.2) is 48.9 Å². The number of aliphatic hydroxyl groups excluding tert-OH is 1. The van der Waals surface area contributed by atoms with Gasteiger partial charge in [-0.2, -0.15) is 5.09 Å². The van der Waals surface area contributed by atoms with Gasteiger partial charge in [0.15, 0.2) is 6.23 Å². The molecule has 0 bridgehead atoms. The fraction of sp³-hybridized carbons (Fsp3) is 0.458. The highest BCUT2D eigenvalue weighted by Crippen LogP contribution is 2.49. The third-order valence-corrected chi connectivity index (χ3v) is 7.98. The molecular formula is C24H32N5O8P. The lowest BCUT2D eigenvalue weighted by Crippen LogP contribution is -2.46. The van der Waals surface area contributed by atoms with Crippen molar-refractivity contribution in [3.8, 4) is 5.75 Å². The quantitative estimate of drug-likeness (QED) is 0.214. The molecule has 5 N–H and O–H groups in total. The van der Waals surface area contributed by atoms with Crippen molar-refractivity contribution in [1.82, 2.24) is 19.6 Å². The van der Waals surface area contributed by atoms with Gasteiger partial charge in [-0.1, -0.05) is 18.2 Å². The number of nitrogens with one attached hydrogen (secondary N) is 1. The molecule has 1 aliphatic rings. The number of aliphatic hydroxyl groups is 2. The van der Waals surface area contributed by atoms with Crippen molar-refractivity contribution in [2.24, 2.45) is 0 Å². The number of carbonyl (C=O) groups is 1. The van der Waals surface area contributed by atoms with Crippen LogP contribution < -0.4 is 15.3 Å². The molecule has 3 unspecified atom stereocenters. The molecule has 2 aromatic heterocycles. The zero-order valence-corrected chi connectivity index (χ0v) is 22.3. The number of esters is 1. The maximum absolute atomic E-state index is 13.9. The number of nitrogen functional groups attached to an aromatic ring is 1. The molecule has 1 aromatic carbocycles. The molecule has 0 amide bonds. The summed E-state index contributed by atoms with van der Waals surface area (Å²) in [7, 11) is -4.24. The van der Waals surface area contributed by atoms with Gasteiger partial charge in [0, 0.05) is 6.20 Å². The maximum Gasteiger partial charge on any atom is 0.459 e. The predicted octanol–water partition coefficient (Wildman–Crippen LogP) is 2.16. The molecule has 14 heteroatoms. The van der Waals surface area contributed by atoms with Crippen molar-refractivity contribution in [3.63, 3.8) is 0 Å². The summed E-state index contributed by atoms with van der Waals surface area (Å²) in [5, 5.41) is 25.4. The van der Waals surface area contributed by atoms with Crippen LogP contribution in [0.5, 0.6) is 5.75 Å². The summed E-state index contributed by atoms with van der Waals surface area (Å²) in [6.45, 7) is 6.16. The predicted molar refractivity (Wildman–Crippen MR) is 137 cm³/mol. The Morgan fingerprint density at radius 2 is 2.00 bits per heavy atom. The zero-order chi connectivity index (χ0) is 27.7. The lowest BCUT2D eigenvalue weighted by atomic mass is 9.94. The second-order valence-corrected chi connectivity index (χ2v) is 10.8. The molecule has 1 saturated heterocycles. The molecule has 4 rings (SSSR count). The van der Waals surface area contributed by atoms with Crippen molar-refractivity contribution in [2.75, 3.05) is 12.3 Å². The largest absolute Gasteiger partial charge is 0.465 e. The van der Waals surface area contributed by atoms with Gasteiger partial charge in [-0.25, -0.2) is 14.5 Å². The molecule has 0 aliphatic carbocycles. The van der Waals surface area contributed by atoms with Crippen molar-refractivity contribution >= 4 is 30.6 Å². The van der Waals surface area contributed by atoms with Crippen molar-refractivity contribution in [2.45, 2.75) is 63.9 Å². The first-order valence-corrected chi connectivity index (χ1v) is 13.6. The van der Waals surface area contributed by atoms with Crippen molar-refractivity contribution in [1.29, 1.82) is 0 Å². The van der Waals surface area contributed by atoms with E-state index in [4.69, 9.17) is 24.3 Å². The van der Waals surface area contributed by atoms with Crippen LogP contribution in [0.3, 0.4) is 0 Å². The third kappa shape index (κ3) is 5.53. The van der Waals surface area contributed by atoms with E-state index >= 15 is 0 Å². The van der Waals surface area contributed by atoms with Gasteiger partial charge in [0.05, 0.1) is 18.1 Å². The second kappa shape index (κ2) is 11.0. The van der Waals surface area contributed by atoms with Crippen LogP contribution in [0, 0.1) is 0 Å². The fourth-order valence-electron chi connectivity index (χ4n) is 4.27. The molecular weight excluding hydrogens is 517 g/mol. The normalized spacial score (nSPS) is 26.5. The topological polar surface area (TPSA) is 180 Å². The molecule has 1 fully saturated rings. The first kappa shape index (κ1) is 28.0. The SMILES string of the molecule is CCOC(=O)[C@H](C)NP(=O)(Oc1ccccc1)OC(C)[C@H]1OC(n2ccc3c(N)ncnc32)[C@](C)(O)[C@@H]1O. The van der Waals surface area contributed by atoms with Crippen LogP contribution in [0.1, 0.15) is 33.9 Å². The van der Waals surface area contributed by atoms with E-state index in [1.54, 1.807) is 49.5 Å². The Morgan fingerprint density at radius 1 is 1.29 bits per heavy atom. The Kier molecular flexibility index (Phi) is 8.07. The number of para-hydroxylation sites is 1. The van der Waals surface area contributed by atoms with Gasteiger partial charge in [0.1, 0.15) is 47.4 Å². The average Bonchev–Trinajstić information content (AvgIpc) is 3.38. The summed E-state index contributed by atoms with van der Waals surface area (Å²) in [6.07, 6.45) is -1.90. The number of fused-ring (bicyclic) bond motifs is 1. The molecule has 0 radical (unpaired) electrons. The van der Waals surface area contributed by atoms with E-state index in [1.165, 1.54) is 31.7 Å². The summed E-state index contributed by atoms with van der Waals surface area (Å²) >= 11 is 0. The highest BCUT2D eigenvalue weighted by molar-refractivity contribution is 7.52. The van der Waals surface area contributed by atoms with Crippen LogP contribution in [0.2, 0.25) is 0 Å². The molecule has 13 nitrogen and oxygen atoms in total. The molecule has 7 atom stereocenters. The fourth-order valence-corrected chi connectivity index (χ4v) is 5.96. The van der Waals surface area contributed by atoms with E-state index in [0.29, 0.717) is 11.0 Å². The van der Waals surface area contributed by atoms with E-state index in [9.17, 15) is 19.6 Å². The summed E-state index contributed by atoms with van der Waals surface area (Å²) in [5.41, 5.74) is 4.52. The summed E-state index contributed by atoms with van der Waals surface area (Å²) < 4.78 is 37.9. The average molecular weight is 550 g/mol. The number of aromatic nitrogens is 3. The minimum Gasteiger partial charge on any atom is -0.465 e. The number of carbonyl (C=O) groups excluding carboxylic acids is 1. The van der Waals surface area contributed by atoms with Crippen LogP contribution in [-0.4, -0.2) is 67.3 Å². The highest BCUT2D eigenvalue weighted by Gasteiger charge is 2.56. The molecule has 38 heavy (non-hydrogen) atoms. The Hall–Kier alpha value is -3.06. The number of benzene rings is 1. The number of hydrogen-bond donors (Lipinski definition) is 4. The van der Waals surface area contributed by atoms with E-state index in [0.717, 1.165) is 0 Å². The maximum atomic E-state index is 13.9. The summed E-state index contributed by atoms with van der Waals surface area (Å²) in [5.74, 6) is -0.178. The van der Waals surface area contributed by atoms with Crippen molar-refractivity contribution in [3.05, 3.63) is 48.9 Å². The summed E-state index contributed by atoms with van der Waals surface area (Å²) in [6, 6.07) is 8.89. The van der Waals surface area contributed by atoms with E-state index in [-0.39, 0.29) is 18.2 Å². The van der Waals surface area contributed by atoms with Crippen LogP contribution in [0.25, 0.3) is 11.0 Å². The van der Waals surface area contributed by atoms with Gasteiger partial charge in [-0.15, -0.1) is 0 Å². The highest BCUT2D eigenvalue weighted by atomic mass is 31.2. The molecule has 0 spiro atoms. The van der Waals surface area contributed by atoms with Gasteiger partial charge in [-0.05, 0) is 45.9 Å². The van der Waals surface area contributed by atoms with Gasteiger partial charge in [-0.3, -0.25) is 9.32 Å². The smallest absolute Gasteiger partial charge is 0.459 e. The monoisotopic (exact) mass is 549 g/mol. The number of nitrogens with two attached hydrogens (primary N) is 1. The van der Waals surface area contributed by atoms with Gasteiger partial charge >= 0.3 is 13.7 Å². The minimum absolute atomic E-state index is 0.134. The first-order valence-electron chi connectivity index (χ1n) is 12.1. The van der Waals surface area contributed by atoms with Gasteiger partial charge in [0.25, 0.3) is 0 Å². The van der Waals surface area contributed by atoms with Crippen LogP contribution >= 0.6 is 7.75 Å². The van der Waals surface area contributed by atoms with Gasteiger partial charge in [0.2, 0.25) is 0 Å². The number of anilines is 1. The molecule has 3 aromatic rings. The second-order valence-electron chi connectivity index (χ2n) is 9.16. The Morgan fingerprint density at radius 3 is 2.68 bits per heavy atom. The van der Waals surface area contributed by atoms with Crippen molar-refractivity contribution < 1.29 is 38.1 Å². The number of hydrogen-bond acceptors (Lipinski definition) is 11. The van der Waals surface area contributed by atoms with E-state index in [1.807, 2.05) is 0 Å². The standard InChI is InChI=1S/C24H32N5O8P/c1-5-34-22(31)14(2)28-38(33,37-16-9-7-6-8-10-16)36-15(3)18-19(30)24(4,32)23(35-18)29-12-11-17-20(25)26-13-27-21(17)29/h6-15,18-19,23,30,32H,5H2,1-4H3,(H,28,33)(H2,25,26,27)/t14-,15?,18+,19+,23?,24+,38?/m0/s1. The number of nitrogens with zero attached hydrogens (tertiary/aromatic N) is 3. The van der Waals surface area contributed by atoms with E-state index in [2.05, 4.69) is 15.1 Å². The van der Waals surface area contributed by atoms with Crippen LogP contribution in [0.4, 0.5) is 5.82 Å². The Bertz CT molecular complexity index is 1320. The van der Waals surface area contributed by atoms with Gasteiger partial charge < -0.3 is 34.5 Å². The van der Waals surface area contributed by atoms with Crippen LogP contribution in [-0.2, 0) is 23.4 Å². The number of rotatable bonds is 10. The summed E-state index contributed by atoms with van der Waals surface area (Å²) in [4.78, 5) is 20.4. The lowest BCUT2D eigenvalue weighted by molar-refractivity contribution is -0.144. The zero-order valence-electron chi connectivity index (χ0n) is 21.4. The molecule has 1 aliphatic heterocycles. The number of ether oxygens (including phenoxy) is 2. The molecule has 206 valence electrons. The molecule has 3 heterocycles. The molecule has 0 saturated carbocycles.